The third-order valence-corrected chi connectivity index (χ3v) is 5.11. The molecule has 136 valence electrons. The van der Waals surface area contributed by atoms with Crippen molar-refractivity contribution in [3.63, 3.8) is 0 Å². The van der Waals surface area contributed by atoms with E-state index in [0.29, 0.717) is 0 Å². The van der Waals surface area contributed by atoms with Gasteiger partial charge in [0.2, 0.25) is 0 Å². The van der Waals surface area contributed by atoms with Crippen molar-refractivity contribution in [2.45, 2.75) is 0 Å². The topological polar surface area (TPSA) is 80.2 Å². The van der Waals surface area contributed by atoms with Gasteiger partial charge in [-0.05, 0) is 41.5 Å². The van der Waals surface area contributed by atoms with E-state index in [4.69, 9.17) is 4.98 Å². The molecule has 0 unspecified atom stereocenters. The number of hydrogen-bond donors (Lipinski definition) is 1. The minimum Gasteiger partial charge on any atom is -0.285 e. The van der Waals surface area contributed by atoms with Crippen molar-refractivity contribution in [2.24, 2.45) is 0 Å². The van der Waals surface area contributed by atoms with Crippen LogP contribution in [0.1, 0.15) is 0 Å². The standard InChI is InChI=1S/C23H14N6/c1-2-17-11-27-29-21(17)9-16(1)23-12-25-20-6-4-15(8-22(20)28-23)14-3-5-19-18(7-14)10-24-13-26-19/h1-13H,(H,27,29). The fourth-order valence-corrected chi connectivity index (χ4v) is 3.59. The number of hydrogen-bond acceptors (Lipinski definition) is 5. The van der Waals surface area contributed by atoms with Gasteiger partial charge in [-0.15, -0.1) is 0 Å². The minimum atomic E-state index is 0.825. The summed E-state index contributed by atoms with van der Waals surface area (Å²) < 4.78 is 0. The van der Waals surface area contributed by atoms with Crippen LogP contribution in [0.3, 0.4) is 0 Å². The van der Waals surface area contributed by atoms with E-state index >= 15 is 0 Å². The number of benzene rings is 3. The number of H-pyrrole nitrogens is 1. The Morgan fingerprint density at radius 1 is 0.621 bits per heavy atom. The molecule has 0 bridgehead atoms. The van der Waals surface area contributed by atoms with Crippen LogP contribution in [0.25, 0.3) is 55.2 Å². The van der Waals surface area contributed by atoms with E-state index in [9.17, 15) is 0 Å². The second-order valence-corrected chi connectivity index (χ2v) is 6.91. The molecule has 3 heterocycles. The number of aromatic amines is 1. The summed E-state index contributed by atoms with van der Waals surface area (Å²) in [5.41, 5.74) is 7.56. The summed E-state index contributed by atoms with van der Waals surface area (Å²) in [4.78, 5) is 17.9. The van der Waals surface area contributed by atoms with E-state index in [-0.39, 0.29) is 0 Å². The minimum absolute atomic E-state index is 0.825. The first-order valence-electron chi connectivity index (χ1n) is 9.24. The van der Waals surface area contributed by atoms with Crippen LogP contribution in [0.4, 0.5) is 0 Å². The quantitative estimate of drug-likeness (QED) is 0.472. The largest absolute Gasteiger partial charge is 0.285 e. The van der Waals surface area contributed by atoms with Gasteiger partial charge in [-0.25, -0.2) is 15.0 Å². The van der Waals surface area contributed by atoms with Gasteiger partial charge in [0, 0.05) is 28.7 Å². The number of aromatic nitrogens is 6. The molecule has 29 heavy (non-hydrogen) atoms. The molecule has 0 saturated carbocycles. The molecule has 0 radical (unpaired) electrons. The maximum Gasteiger partial charge on any atom is 0.116 e. The first-order chi connectivity index (χ1) is 14.3. The van der Waals surface area contributed by atoms with Crippen molar-refractivity contribution in [1.29, 1.82) is 0 Å². The first-order valence-corrected chi connectivity index (χ1v) is 9.24. The monoisotopic (exact) mass is 374 g/mol. The zero-order valence-electron chi connectivity index (χ0n) is 15.2. The number of nitrogens with one attached hydrogen (secondary N) is 1. The fourth-order valence-electron chi connectivity index (χ4n) is 3.59. The lowest BCUT2D eigenvalue weighted by Crippen LogP contribution is -1.90. The summed E-state index contributed by atoms with van der Waals surface area (Å²) >= 11 is 0. The molecule has 0 aliphatic heterocycles. The van der Waals surface area contributed by atoms with Crippen LogP contribution in [0, 0.1) is 0 Å². The van der Waals surface area contributed by atoms with Gasteiger partial charge in [-0.2, -0.15) is 5.10 Å². The summed E-state index contributed by atoms with van der Waals surface area (Å²) in [5, 5.41) is 9.24. The molecule has 0 fully saturated rings. The lowest BCUT2D eigenvalue weighted by molar-refractivity contribution is 1.12. The van der Waals surface area contributed by atoms with Gasteiger partial charge in [0.1, 0.15) is 6.33 Å². The highest BCUT2D eigenvalue weighted by Crippen LogP contribution is 2.27. The molecule has 0 saturated heterocycles. The molecule has 0 amide bonds. The van der Waals surface area contributed by atoms with E-state index in [2.05, 4.69) is 49.4 Å². The van der Waals surface area contributed by atoms with Gasteiger partial charge < -0.3 is 0 Å². The Balaban J connectivity index is 1.47. The molecular formula is C23H14N6. The zero-order chi connectivity index (χ0) is 19.2. The number of fused-ring (bicyclic) bond motifs is 3. The van der Waals surface area contributed by atoms with Gasteiger partial charge in [-0.1, -0.05) is 24.3 Å². The van der Waals surface area contributed by atoms with Crippen molar-refractivity contribution in [3.05, 3.63) is 79.5 Å². The lowest BCUT2D eigenvalue weighted by Gasteiger charge is -2.07. The predicted molar refractivity (Wildman–Crippen MR) is 113 cm³/mol. The van der Waals surface area contributed by atoms with Crippen LogP contribution in [0.5, 0.6) is 0 Å². The zero-order valence-corrected chi connectivity index (χ0v) is 15.2. The van der Waals surface area contributed by atoms with Gasteiger partial charge in [0.15, 0.2) is 0 Å². The van der Waals surface area contributed by atoms with E-state index in [1.54, 1.807) is 6.33 Å². The predicted octanol–water partition coefficient (Wildman–Crippen LogP) is 4.78. The van der Waals surface area contributed by atoms with Crippen LogP contribution in [-0.2, 0) is 0 Å². The molecule has 0 aliphatic rings. The number of nitrogens with zero attached hydrogens (tertiary/aromatic N) is 5. The summed E-state index contributed by atoms with van der Waals surface area (Å²) in [7, 11) is 0. The molecular weight excluding hydrogens is 360 g/mol. The summed E-state index contributed by atoms with van der Waals surface area (Å²) in [6, 6.07) is 18.4. The summed E-state index contributed by atoms with van der Waals surface area (Å²) in [6.07, 6.45) is 7.08. The summed E-state index contributed by atoms with van der Waals surface area (Å²) in [5.74, 6) is 0. The van der Waals surface area contributed by atoms with Crippen molar-refractivity contribution in [3.8, 4) is 22.4 Å². The number of rotatable bonds is 2. The van der Waals surface area contributed by atoms with Crippen molar-refractivity contribution in [2.75, 3.05) is 0 Å². The second-order valence-electron chi connectivity index (χ2n) is 6.91. The SMILES string of the molecule is c1ncc2cc(-c3ccc4ncc(-c5ccc6c[nH]nc6c5)nc4c3)ccc2n1. The van der Waals surface area contributed by atoms with Crippen molar-refractivity contribution < 1.29 is 0 Å². The molecule has 0 spiro atoms. The van der Waals surface area contributed by atoms with E-state index in [1.165, 1.54) is 0 Å². The maximum atomic E-state index is 4.86. The second kappa shape index (κ2) is 6.17. The first kappa shape index (κ1) is 15.8. The van der Waals surface area contributed by atoms with E-state index in [0.717, 1.165) is 55.2 Å². The molecule has 1 N–H and O–H groups in total. The normalized spacial score (nSPS) is 11.4. The molecule has 0 aliphatic carbocycles. The molecule has 6 heteroatoms. The van der Waals surface area contributed by atoms with Gasteiger partial charge in [-0.3, -0.25) is 10.1 Å². The Morgan fingerprint density at radius 2 is 1.45 bits per heavy atom. The highest BCUT2D eigenvalue weighted by Gasteiger charge is 2.07. The Morgan fingerprint density at radius 3 is 2.41 bits per heavy atom. The lowest BCUT2D eigenvalue weighted by atomic mass is 10.0. The molecule has 6 nitrogen and oxygen atoms in total. The van der Waals surface area contributed by atoms with Crippen LogP contribution in [0.2, 0.25) is 0 Å². The maximum absolute atomic E-state index is 4.86. The van der Waals surface area contributed by atoms with Gasteiger partial charge in [0.05, 0.1) is 34.0 Å². The van der Waals surface area contributed by atoms with Crippen molar-refractivity contribution in [1.82, 2.24) is 30.1 Å². The van der Waals surface area contributed by atoms with E-state index < -0.39 is 0 Å². The summed E-state index contributed by atoms with van der Waals surface area (Å²) in [6.45, 7) is 0. The highest BCUT2D eigenvalue weighted by molar-refractivity contribution is 5.88. The average molecular weight is 374 g/mol. The fraction of sp³-hybridized carbons (Fsp3) is 0. The van der Waals surface area contributed by atoms with Crippen LogP contribution in [-0.4, -0.2) is 30.1 Å². The van der Waals surface area contributed by atoms with Gasteiger partial charge >= 0.3 is 0 Å². The average Bonchev–Trinajstić information content (AvgIpc) is 3.26. The third kappa shape index (κ3) is 2.70. The smallest absolute Gasteiger partial charge is 0.116 e. The molecule has 3 aromatic heterocycles. The van der Waals surface area contributed by atoms with Crippen LogP contribution < -0.4 is 0 Å². The van der Waals surface area contributed by atoms with Crippen LogP contribution >= 0.6 is 0 Å². The van der Waals surface area contributed by atoms with E-state index in [1.807, 2.05) is 48.9 Å². The Kier molecular flexibility index (Phi) is 3.37. The molecule has 6 rings (SSSR count). The Labute approximate surface area is 165 Å². The molecule has 0 atom stereocenters. The molecule has 3 aromatic carbocycles. The van der Waals surface area contributed by atoms with Crippen molar-refractivity contribution >= 4 is 32.8 Å². The molecule has 6 aromatic rings. The van der Waals surface area contributed by atoms with Gasteiger partial charge in [0.25, 0.3) is 0 Å². The highest BCUT2D eigenvalue weighted by atomic mass is 15.1. The Bertz CT molecular complexity index is 1520. The Hall–Kier alpha value is -4.19. The van der Waals surface area contributed by atoms with Crippen LogP contribution in [0.15, 0.2) is 79.5 Å². The third-order valence-electron chi connectivity index (χ3n) is 5.11.